The number of rotatable bonds is 5. The Kier molecular flexibility index (Phi) is 3.14. The Morgan fingerprint density at radius 2 is 2.36 bits per heavy atom. The van der Waals surface area contributed by atoms with E-state index in [0.717, 1.165) is 31.3 Å². The van der Waals surface area contributed by atoms with Crippen molar-refractivity contribution >= 4 is 0 Å². The highest BCUT2D eigenvalue weighted by Gasteiger charge is 2.23. The first kappa shape index (κ1) is 9.65. The van der Waals surface area contributed by atoms with E-state index in [1.807, 2.05) is 6.92 Å². The van der Waals surface area contributed by atoms with Gasteiger partial charge in [-0.3, -0.25) is 5.10 Å². The minimum absolute atomic E-state index is 0.618. The average Bonchev–Trinajstić information content (AvgIpc) is 2.51. The van der Waals surface area contributed by atoms with Crippen LogP contribution in [0.5, 0.6) is 0 Å². The van der Waals surface area contributed by atoms with E-state index in [4.69, 9.17) is 4.74 Å². The molecule has 0 bridgehead atoms. The van der Waals surface area contributed by atoms with Gasteiger partial charge in [-0.1, -0.05) is 6.42 Å². The van der Waals surface area contributed by atoms with Crippen LogP contribution in [0, 0.1) is 0 Å². The second-order valence-electron chi connectivity index (χ2n) is 3.72. The Balaban J connectivity index is 1.83. The molecule has 0 saturated heterocycles. The number of nitrogens with one attached hydrogen (secondary N) is 1. The van der Waals surface area contributed by atoms with E-state index in [1.165, 1.54) is 19.3 Å². The first-order valence-corrected chi connectivity index (χ1v) is 5.39. The molecule has 1 N–H and O–H groups in total. The minimum Gasteiger partial charge on any atom is -0.381 e. The Bertz CT molecular complexity index is 281. The molecule has 1 aromatic rings. The van der Waals surface area contributed by atoms with E-state index >= 15 is 0 Å². The molecule has 1 aliphatic carbocycles. The summed E-state index contributed by atoms with van der Waals surface area (Å²) in [6, 6.07) is 0. The van der Waals surface area contributed by atoms with Crippen LogP contribution in [0.2, 0.25) is 0 Å². The minimum atomic E-state index is 0.618. The van der Waals surface area contributed by atoms with Gasteiger partial charge in [-0.2, -0.15) is 5.10 Å². The van der Waals surface area contributed by atoms with Crippen LogP contribution in [-0.2, 0) is 11.2 Å². The third-order valence-corrected chi connectivity index (χ3v) is 2.71. The molecule has 1 fully saturated rings. The molecule has 0 aromatic carbocycles. The van der Waals surface area contributed by atoms with Gasteiger partial charge in [-0.15, -0.1) is 0 Å². The van der Waals surface area contributed by atoms with Gasteiger partial charge in [-0.05, 0) is 19.8 Å². The predicted octanol–water partition coefficient (Wildman–Crippen LogP) is 1.65. The molecule has 14 heavy (non-hydrogen) atoms. The summed E-state index contributed by atoms with van der Waals surface area (Å²) in [7, 11) is 0. The molecular formula is C10H17N3O. The Labute approximate surface area is 84.1 Å². The summed E-state index contributed by atoms with van der Waals surface area (Å²) in [6.45, 7) is 3.50. The third-order valence-electron chi connectivity index (χ3n) is 2.71. The molecule has 4 heteroatoms. The van der Waals surface area contributed by atoms with Gasteiger partial charge in [-0.25, -0.2) is 4.98 Å². The predicted molar refractivity (Wildman–Crippen MR) is 53.2 cm³/mol. The van der Waals surface area contributed by atoms with Crippen molar-refractivity contribution in [2.24, 2.45) is 0 Å². The second kappa shape index (κ2) is 4.55. The van der Waals surface area contributed by atoms with Crippen molar-refractivity contribution in [3.05, 3.63) is 11.6 Å². The largest absolute Gasteiger partial charge is 0.381 e. The van der Waals surface area contributed by atoms with Gasteiger partial charge >= 0.3 is 0 Å². The summed E-state index contributed by atoms with van der Waals surface area (Å²) in [4.78, 5) is 4.46. The number of hydrogen-bond acceptors (Lipinski definition) is 3. The highest BCUT2D eigenvalue weighted by atomic mass is 16.5. The van der Waals surface area contributed by atoms with Crippen LogP contribution >= 0.6 is 0 Å². The van der Waals surface area contributed by atoms with Crippen LogP contribution in [0.25, 0.3) is 0 Å². The molecule has 1 aromatic heterocycles. The smallest absolute Gasteiger partial charge is 0.153 e. The van der Waals surface area contributed by atoms with E-state index in [-0.39, 0.29) is 0 Å². The fraction of sp³-hybridized carbons (Fsp3) is 0.800. The van der Waals surface area contributed by atoms with Gasteiger partial charge in [0.05, 0.1) is 6.61 Å². The molecule has 1 saturated carbocycles. The van der Waals surface area contributed by atoms with Crippen molar-refractivity contribution in [3.63, 3.8) is 0 Å². The van der Waals surface area contributed by atoms with E-state index in [1.54, 1.807) is 0 Å². The van der Waals surface area contributed by atoms with Crippen molar-refractivity contribution in [2.75, 3.05) is 13.2 Å². The molecule has 0 amide bonds. The van der Waals surface area contributed by atoms with Crippen LogP contribution in [0.1, 0.15) is 43.8 Å². The lowest BCUT2D eigenvalue weighted by Crippen LogP contribution is -2.10. The van der Waals surface area contributed by atoms with Crippen LogP contribution in [0.4, 0.5) is 0 Å². The summed E-state index contributed by atoms with van der Waals surface area (Å²) in [5, 5.41) is 7.20. The maximum absolute atomic E-state index is 5.26. The summed E-state index contributed by atoms with van der Waals surface area (Å²) in [6.07, 6.45) is 4.67. The van der Waals surface area contributed by atoms with Crippen molar-refractivity contribution in [1.29, 1.82) is 0 Å². The summed E-state index contributed by atoms with van der Waals surface area (Å²) in [5.74, 6) is 2.58. The molecule has 1 heterocycles. The van der Waals surface area contributed by atoms with Crippen LogP contribution in [0.15, 0.2) is 0 Å². The lowest BCUT2D eigenvalue weighted by Gasteiger charge is -2.21. The molecule has 2 rings (SSSR count). The fourth-order valence-corrected chi connectivity index (χ4v) is 1.58. The average molecular weight is 195 g/mol. The maximum atomic E-state index is 5.26. The zero-order valence-corrected chi connectivity index (χ0v) is 8.62. The molecule has 0 unspecified atom stereocenters. The van der Waals surface area contributed by atoms with Gasteiger partial charge in [0.1, 0.15) is 5.82 Å². The topological polar surface area (TPSA) is 50.8 Å². The van der Waals surface area contributed by atoms with Crippen LogP contribution < -0.4 is 0 Å². The van der Waals surface area contributed by atoms with E-state index in [2.05, 4.69) is 15.2 Å². The van der Waals surface area contributed by atoms with Crippen molar-refractivity contribution < 1.29 is 4.74 Å². The molecule has 0 aliphatic heterocycles. The summed E-state index contributed by atoms with van der Waals surface area (Å²) in [5.41, 5.74) is 0. The van der Waals surface area contributed by atoms with Gasteiger partial charge in [0, 0.05) is 18.9 Å². The van der Waals surface area contributed by atoms with E-state index < -0.39 is 0 Å². The third kappa shape index (κ3) is 2.12. The molecular weight excluding hydrogens is 178 g/mol. The molecule has 4 nitrogen and oxygen atoms in total. The molecule has 0 spiro atoms. The fourth-order valence-electron chi connectivity index (χ4n) is 1.58. The van der Waals surface area contributed by atoms with Crippen LogP contribution in [0.3, 0.4) is 0 Å². The van der Waals surface area contributed by atoms with Crippen molar-refractivity contribution in [1.82, 2.24) is 15.2 Å². The molecule has 1 aliphatic rings. The van der Waals surface area contributed by atoms with Crippen LogP contribution in [-0.4, -0.2) is 28.4 Å². The SMILES string of the molecule is CCOCCc1nc(C2CCC2)n[nH]1. The number of aromatic nitrogens is 3. The highest BCUT2D eigenvalue weighted by molar-refractivity contribution is 5.01. The first-order valence-electron chi connectivity index (χ1n) is 5.39. The zero-order chi connectivity index (χ0) is 9.80. The van der Waals surface area contributed by atoms with Gasteiger partial charge < -0.3 is 4.74 Å². The van der Waals surface area contributed by atoms with Gasteiger partial charge in [0.25, 0.3) is 0 Å². The zero-order valence-electron chi connectivity index (χ0n) is 8.62. The maximum Gasteiger partial charge on any atom is 0.153 e. The first-order chi connectivity index (χ1) is 6.90. The molecule has 0 atom stereocenters. The summed E-state index contributed by atoms with van der Waals surface area (Å²) >= 11 is 0. The number of ether oxygens (including phenoxy) is 1. The van der Waals surface area contributed by atoms with E-state index in [9.17, 15) is 0 Å². The number of hydrogen-bond donors (Lipinski definition) is 1. The van der Waals surface area contributed by atoms with Crippen molar-refractivity contribution in [3.8, 4) is 0 Å². The molecule has 0 radical (unpaired) electrons. The highest BCUT2D eigenvalue weighted by Crippen LogP contribution is 2.33. The van der Waals surface area contributed by atoms with Gasteiger partial charge in [0.15, 0.2) is 5.82 Å². The number of H-pyrrole nitrogens is 1. The lowest BCUT2D eigenvalue weighted by atomic mass is 9.85. The Morgan fingerprint density at radius 3 is 3.00 bits per heavy atom. The summed E-state index contributed by atoms with van der Waals surface area (Å²) < 4.78 is 5.26. The van der Waals surface area contributed by atoms with Gasteiger partial charge in [0.2, 0.25) is 0 Å². The lowest BCUT2D eigenvalue weighted by molar-refractivity contribution is 0.149. The van der Waals surface area contributed by atoms with Crippen molar-refractivity contribution in [2.45, 2.75) is 38.5 Å². The Hall–Kier alpha value is -0.900. The standard InChI is InChI=1S/C10H17N3O/c1-2-14-7-6-9-11-10(13-12-9)8-4-3-5-8/h8H,2-7H2,1H3,(H,11,12,13). The normalized spacial score (nSPS) is 16.9. The number of nitrogens with zero attached hydrogens (tertiary/aromatic N) is 2. The number of aromatic amines is 1. The van der Waals surface area contributed by atoms with E-state index in [0.29, 0.717) is 5.92 Å². The Morgan fingerprint density at radius 1 is 1.50 bits per heavy atom. The molecule has 78 valence electrons. The monoisotopic (exact) mass is 195 g/mol. The second-order valence-corrected chi connectivity index (χ2v) is 3.72. The quantitative estimate of drug-likeness (QED) is 0.727.